The number of rotatable bonds is 8. The highest BCUT2D eigenvalue weighted by Gasteiger charge is 2.07. The number of benzene rings is 3. The van der Waals surface area contributed by atoms with Crippen LogP contribution in [0.1, 0.15) is 23.6 Å². The van der Waals surface area contributed by atoms with Crippen molar-refractivity contribution >= 4 is 11.9 Å². The Balaban J connectivity index is 1.66. The van der Waals surface area contributed by atoms with Crippen LogP contribution in [-0.4, -0.2) is 12.8 Å². The molecule has 144 valence electrons. The first-order valence-electron chi connectivity index (χ1n) is 9.14. The van der Waals surface area contributed by atoms with Crippen molar-refractivity contribution in [2.45, 2.75) is 20.5 Å². The van der Waals surface area contributed by atoms with Crippen molar-refractivity contribution in [2.75, 3.05) is 12.0 Å². The molecule has 0 aliphatic rings. The van der Waals surface area contributed by atoms with Gasteiger partial charge in [0.05, 0.1) is 18.5 Å². The van der Waals surface area contributed by atoms with Crippen molar-refractivity contribution in [3.8, 4) is 11.5 Å². The van der Waals surface area contributed by atoms with Crippen LogP contribution in [0.3, 0.4) is 0 Å². The molecule has 4 nitrogen and oxygen atoms in total. The molecule has 0 aromatic heterocycles. The average Bonchev–Trinajstić information content (AvgIpc) is 2.70. The number of hydrogen-bond acceptors (Lipinski definition) is 4. The SMILES string of the molecule is CCOc1cc(C=NNc2ccc(C)cc2)ccc1OCc1ccc(F)cc1. The number of nitrogens with one attached hydrogen (secondary N) is 1. The van der Waals surface area contributed by atoms with Gasteiger partial charge in [-0.25, -0.2) is 4.39 Å². The first kappa shape index (κ1) is 19.4. The van der Waals surface area contributed by atoms with Gasteiger partial charge in [0.1, 0.15) is 12.4 Å². The van der Waals surface area contributed by atoms with Crippen LogP contribution in [-0.2, 0) is 6.61 Å². The Hall–Kier alpha value is -3.34. The summed E-state index contributed by atoms with van der Waals surface area (Å²) in [6.45, 7) is 4.82. The van der Waals surface area contributed by atoms with Gasteiger partial charge in [0.15, 0.2) is 11.5 Å². The van der Waals surface area contributed by atoms with Crippen molar-refractivity contribution in [2.24, 2.45) is 5.10 Å². The largest absolute Gasteiger partial charge is 0.490 e. The standard InChI is InChI=1S/C23H23FN2O2/c1-3-27-23-14-19(15-25-26-21-11-4-17(2)5-12-21)8-13-22(23)28-16-18-6-9-20(24)10-7-18/h4-15,26H,3,16H2,1-2H3. The van der Waals surface area contributed by atoms with Gasteiger partial charge in [0.25, 0.3) is 0 Å². The van der Waals surface area contributed by atoms with Gasteiger partial charge in [-0.15, -0.1) is 0 Å². The Morgan fingerprint density at radius 1 is 0.929 bits per heavy atom. The van der Waals surface area contributed by atoms with Crippen molar-refractivity contribution < 1.29 is 13.9 Å². The molecule has 0 spiro atoms. The van der Waals surface area contributed by atoms with E-state index >= 15 is 0 Å². The van der Waals surface area contributed by atoms with Gasteiger partial charge in [-0.2, -0.15) is 5.10 Å². The zero-order chi connectivity index (χ0) is 19.8. The van der Waals surface area contributed by atoms with E-state index in [1.54, 1.807) is 18.3 Å². The van der Waals surface area contributed by atoms with Gasteiger partial charge in [-0.3, -0.25) is 5.43 Å². The summed E-state index contributed by atoms with van der Waals surface area (Å²) in [7, 11) is 0. The molecular formula is C23H23FN2O2. The number of aryl methyl sites for hydroxylation is 1. The number of nitrogens with zero attached hydrogens (tertiary/aromatic N) is 1. The van der Waals surface area contributed by atoms with E-state index in [4.69, 9.17) is 9.47 Å². The fourth-order valence-corrected chi connectivity index (χ4v) is 2.54. The summed E-state index contributed by atoms with van der Waals surface area (Å²) >= 11 is 0. The predicted octanol–water partition coefficient (Wildman–Crippen LogP) is 5.56. The Morgan fingerprint density at radius 2 is 1.68 bits per heavy atom. The Labute approximate surface area is 164 Å². The zero-order valence-corrected chi connectivity index (χ0v) is 16.0. The summed E-state index contributed by atoms with van der Waals surface area (Å²) < 4.78 is 24.6. The molecule has 5 heteroatoms. The lowest BCUT2D eigenvalue weighted by atomic mass is 10.2. The topological polar surface area (TPSA) is 42.8 Å². The van der Waals surface area contributed by atoms with Crippen LogP contribution < -0.4 is 14.9 Å². The molecule has 0 saturated carbocycles. The number of halogens is 1. The highest BCUT2D eigenvalue weighted by molar-refractivity contribution is 5.81. The lowest BCUT2D eigenvalue weighted by Crippen LogP contribution is -2.00. The lowest BCUT2D eigenvalue weighted by molar-refractivity contribution is 0.269. The maximum Gasteiger partial charge on any atom is 0.161 e. The number of hydrogen-bond donors (Lipinski definition) is 1. The fraction of sp³-hybridized carbons (Fsp3) is 0.174. The van der Waals surface area contributed by atoms with E-state index in [2.05, 4.69) is 10.5 Å². The summed E-state index contributed by atoms with van der Waals surface area (Å²) in [4.78, 5) is 0. The Bertz CT molecular complexity index is 922. The number of ether oxygens (including phenoxy) is 2. The summed E-state index contributed by atoms with van der Waals surface area (Å²) in [5.41, 5.74) is 6.90. The first-order valence-corrected chi connectivity index (χ1v) is 9.14. The van der Waals surface area contributed by atoms with Crippen molar-refractivity contribution in [3.05, 3.63) is 89.2 Å². The molecule has 0 amide bonds. The average molecular weight is 378 g/mol. The molecule has 3 aromatic carbocycles. The molecule has 3 rings (SSSR count). The molecule has 0 atom stereocenters. The van der Waals surface area contributed by atoms with Crippen LogP contribution >= 0.6 is 0 Å². The van der Waals surface area contributed by atoms with E-state index < -0.39 is 0 Å². The highest BCUT2D eigenvalue weighted by atomic mass is 19.1. The lowest BCUT2D eigenvalue weighted by Gasteiger charge is -2.12. The summed E-state index contributed by atoms with van der Waals surface area (Å²) in [5, 5.41) is 4.27. The molecule has 0 fully saturated rings. The minimum absolute atomic E-state index is 0.262. The van der Waals surface area contributed by atoms with E-state index in [1.807, 2.05) is 56.3 Å². The van der Waals surface area contributed by atoms with Gasteiger partial charge < -0.3 is 9.47 Å². The molecule has 0 unspecified atom stereocenters. The quantitative estimate of drug-likeness (QED) is 0.412. The van der Waals surface area contributed by atoms with Crippen LogP contribution in [0.5, 0.6) is 11.5 Å². The Kier molecular flexibility index (Phi) is 6.63. The third kappa shape index (κ3) is 5.58. The summed E-state index contributed by atoms with van der Waals surface area (Å²) in [6.07, 6.45) is 1.73. The molecule has 28 heavy (non-hydrogen) atoms. The van der Waals surface area contributed by atoms with E-state index in [1.165, 1.54) is 17.7 Å². The van der Waals surface area contributed by atoms with E-state index in [0.29, 0.717) is 24.7 Å². The van der Waals surface area contributed by atoms with Crippen LogP contribution in [0.2, 0.25) is 0 Å². The second-order valence-corrected chi connectivity index (χ2v) is 6.29. The third-order valence-corrected chi connectivity index (χ3v) is 4.03. The molecule has 0 radical (unpaired) electrons. The maximum absolute atomic E-state index is 13.0. The fourth-order valence-electron chi connectivity index (χ4n) is 2.54. The molecule has 0 aliphatic carbocycles. The van der Waals surface area contributed by atoms with Gasteiger partial charge in [-0.05, 0) is 67.4 Å². The molecule has 0 saturated heterocycles. The first-order chi connectivity index (χ1) is 13.6. The molecule has 3 aromatic rings. The predicted molar refractivity (Wildman–Crippen MR) is 111 cm³/mol. The maximum atomic E-state index is 13.0. The Morgan fingerprint density at radius 3 is 2.39 bits per heavy atom. The van der Waals surface area contributed by atoms with Crippen LogP contribution in [0.4, 0.5) is 10.1 Å². The number of hydrazone groups is 1. The summed E-state index contributed by atoms with van der Waals surface area (Å²) in [5.74, 6) is 1.01. The molecular weight excluding hydrogens is 355 g/mol. The minimum Gasteiger partial charge on any atom is -0.490 e. The van der Waals surface area contributed by atoms with Gasteiger partial charge in [-0.1, -0.05) is 29.8 Å². The smallest absolute Gasteiger partial charge is 0.161 e. The van der Waals surface area contributed by atoms with Crippen LogP contribution in [0.25, 0.3) is 0 Å². The van der Waals surface area contributed by atoms with Crippen LogP contribution in [0.15, 0.2) is 71.8 Å². The second-order valence-electron chi connectivity index (χ2n) is 6.29. The van der Waals surface area contributed by atoms with E-state index in [-0.39, 0.29) is 5.82 Å². The normalized spacial score (nSPS) is 10.8. The molecule has 1 N–H and O–H groups in total. The van der Waals surface area contributed by atoms with Crippen molar-refractivity contribution in [3.63, 3.8) is 0 Å². The van der Waals surface area contributed by atoms with Crippen molar-refractivity contribution in [1.82, 2.24) is 0 Å². The number of anilines is 1. The summed E-state index contributed by atoms with van der Waals surface area (Å²) in [6, 6.07) is 19.9. The minimum atomic E-state index is -0.262. The highest BCUT2D eigenvalue weighted by Crippen LogP contribution is 2.29. The monoisotopic (exact) mass is 378 g/mol. The molecule has 0 bridgehead atoms. The second kappa shape index (κ2) is 9.55. The van der Waals surface area contributed by atoms with E-state index in [9.17, 15) is 4.39 Å². The molecule has 0 aliphatic heterocycles. The zero-order valence-electron chi connectivity index (χ0n) is 16.0. The van der Waals surface area contributed by atoms with Gasteiger partial charge in [0.2, 0.25) is 0 Å². The molecule has 0 heterocycles. The van der Waals surface area contributed by atoms with E-state index in [0.717, 1.165) is 16.8 Å². The third-order valence-electron chi connectivity index (χ3n) is 4.03. The van der Waals surface area contributed by atoms with Crippen molar-refractivity contribution in [1.29, 1.82) is 0 Å². The van der Waals surface area contributed by atoms with Gasteiger partial charge in [0, 0.05) is 0 Å². The van der Waals surface area contributed by atoms with Crippen LogP contribution in [0, 0.1) is 12.7 Å². The van der Waals surface area contributed by atoms with Gasteiger partial charge >= 0.3 is 0 Å².